The molecule has 5 heteroatoms. The van der Waals surface area contributed by atoms with Gasteiger partial charge in [0.05, 0.1) is 0 Å². The molecule has 0 aromatic carbocycles. The summed E-state index contributed by atoms with van der Waals surface area (Å²) in [5, 5.41) is 6.57. The van der Waals surface area contributed by atoms with Crippen LogP contribution in [0.15, 0.2) is 10.8 Å². The second-order valence-electron chi connectivity index (χ2n) is 5.72. The molecule has 1 saturated carbocycles. The lowest BCUT2D eigenvalue weighted by molar-refractivity contribution is 0.232. The summed E-state index contributed by atoms with van der Waals surface area (Å²) in [5.74, 6) is 1.71. The fraction of sp³-hybridized carbons (Fsp3) is 0.692. The topological polar surface area (TPSA) is 49.8 Å². The molecule has 0 unspecified atom stereocenters. The van der Waals surface area contributed by atoms with Crippen molar-refractivity contribution in [1.29, 1.82) is 0 Å². The smallest absolute Gasteiger partial charge is 0.146 e. The van der Waals surface area contributed by atoms with E-state index in [1.807, 2.05) is 7.05 Å². The van der Waals surface area contributed by atoms with Gasteiger partial charge < -0.3 is 10.6 Å². The summed E-state index contributed by atoms with van der Waals surface area (Å²) in [4.78, 5) is 8.47. The van der Waals surface area contributed by atoms with Crippen LogP contribution in [0.3, 0.4) is 0 Å². The molecule has 100 valence electrons. The summed E-state index contributed by atoms with van der Waals surface area (Å²) in [6.07, 6.45) is 6.54. The van der Waals surface area contributed by atoms with Gasteiger partial charge >= 0.3 is 0 Å². The molecule has 1 fully saturated rings. The van der Waals surface area contributed by atoms with Crippen molar-refractivity contribution >= 4 is 27.6 Å². The SMILES string of the molecule is CNc1ncnc(NC2CCC(C)(C)CC2)c1Br. The van der Waals surface area contributed by atoms with Crippen LogP contribution in [0.25, 0.3) is 0 Å². The van der Waals surface area contributed by atoms with Crippen LogP contribution in [0.4, 0.5) is 11.6 Å². The van der Waals surface area contributed by atoms with E-state index in [1.165, 1.54) is 25.7 Å². The first-order chi connectivity index (χ1) is 8.52. The van der Waals surface area contributed by atoms with Crippen LogP contribution in [0, 0.1) is 5.41 Å². The highest BCUT2D eigenvalue weighted by Crippen LogP contribution is 2.37. The van der Waals surface area contributed by atoms with Crippen molar-refractivity contribution in [3.8, 4) is 0 Å². The maximum Gasteiger partial charge on any atom is 0.146 e. The van der Waals surface area contributed by atoms with Gasteiger partial charge in [-0.2, -0.15) is 0 Å². The summed E-state index contributed by atoms with van der Waals surface area (Å²) >= 11 is 3.54. The Morgan fingerprint density at radius 1 is 1.22 bits per heavy atom. The monoisotopic (exact) mass is 312 g/mol. The van der Waals surface area contributed by atoms with E-state index in [4.69, 9.17) is 0 Å². The average Bonchev–Trinajstić information content (AvgIpc) is 2.34. The van der Waals surface area contributed by atoms with Gasteiger partial charge in [-0.15, -0.1) is 0 Å². The van der Waals surface area contributed by atoms with Crippen LogP contribution in [-0.2, 0) is 0 Å². The van der Waals surface area contributed by atoms with Crippen LogP contribution in [-0.4, -0.2) is 23.1 Å². The lowest BCUT2D eigenvalue weighted by atomic mass is 9.75. The maximum atomic E-state index is 4.31. The number of hydrogen-bond donors (Lipinski definition) is 2. The van der Waals surface area contributed by atoms with E-state index in [1.54, 1.807) is 6.33 Å². The predicted octanol–water partition coefficient (Wildman–Crippen LogP) is 3.66. The number of hydrogen-bond acceptors (Lipinski definition) is 4. The van der Waals surface area contributed by atoms with E-state index >= 15 is 0 Å². The second-order valence-corrected chi connectivity index (χ2v) is 6.51. The molecule has 1 heterocycles. The Morgan fingerprint density at radius 3 is 2.44 bits per heavy atom. The fourth-order valence-corrected chi connectivity index (χ4v) is 2.90. The standard InChI is InChI=1S/C13H21BrN4/c1-13(2)6-4-9(5-7-13)18-12-10(14)11(15-3)16-8-17-12/h8-9H,4-7H2,1-3H3,(H2,15,16,17,18). The fourth-order valence-electron chi connectivity index (χ4n) is 2.38. The van der Waals surface area contributed by atoms with Gasteiger partial charge in [-0.3, -0.25) is 0 Å². The normalized spacial score (nSPS) is 19.6. The minimum Gasteiger partial charge on any atom is -0.372 e. The zero-order chi connectivity index (χ0) is 13.2. The first-order valence-corrected chi connectivity index (χ1v) is 7.26. The number of nitrogens with one attached hydrogen (secondary N) is 2. The summed E-state index contributed by atoms with van der Waals surface area (Å²) < 4.78 is 0.914. The van der Waals surface area contributed by atoms with E-state index in [0.29, 0.717) is 11.5 Å². The van der Waals surface area contributed by atoms with Crippen LogP contribution in [0.5, 0.6) is 0 Å². The molecule has 4 nitrogen and oxygen atoms in total. The lowest BCUT2D eigenvalue weighted by Gasteiger charge is -2.35. The Balaban J connectivity index is 2.02. The van der Waals surface area contributed by atoms with E-state index in [9.17, 15) is 0 Å². The minimum atomic E-state index is 0.497. The van der Waals surface area contributed by atoms with Crippen LogP contribution >= 0.6 is 15.9 Å². The maximum absolute atomic E-state index is 4.31. The number of nitrogens with zero attached hydrogens (tertiary/aromatic N) is 2. The molecule has 2 N–H and O–H groups in total. The van der Waals surface area contributed by atoms with Gasteiger partial charge in [0.25, 0.3) is 0 Å². The zero-order valence-corrected chi connectivity index (χ0v) is 12.8. The third-order valence-corrected chi connectivity index (χ3v) is 4.46. The third kappa shape index (κ3) is 3.13. The van der Waals surface area contributed by atoms with Crippen LogP contribution in [0.1, 0.15) is 39.5 Å². The Hall–Kier alpha value is -0.840. The van der Waals surface area contributed by atoms with Gasteiger partial charge in [0.1, 0.15) is 22.4 Å². The molecule has 1 aromatic heterocycles. The lowest BCUT2D eigenvalue weighted by Crippen LogP contribution is -2.30. The third-order valence-electron chi connectivity index (χ3n) is 3.71. The molecule has 0 radical (unpaired) electrons. The Kier molecular flexibility index (Phi) is 4.10. The molecule has 0 spiro atoms. The van der Waals surface area contributed by atoms with E-state index in [-0.39, 0.29) is 0 Å². The molecule has 0 atom stereocenters. The van der Waals surface area contributed by atoms with Gasteiger partial charge in [-0.05, 0) is 47.0 Å². The molecule has 0 saturated heterocycles. The Bertz CT molecular complexity index is 409. The van der Waals surface area contributed by atoms with Crippen molar-refractivity contribution in [3.63, 3.8) is 0 Å². The molecular weight excluding hydrogens is 292 g/mol. The molecule has 0 aliphatic heterocycles. The van der Waals surface area contributed by atoms with Crippen molar-refractivity contribution in [2.75, 3.05) is 17.7 Å². The summed E-state index contributed by atoms with van der Waals surface area (Å²) in [6, 6.07) is 0.522. The van der Waals surface area contributed by atoms with Crippen molar-refractivity contribution in [1.82, 2.24) is 9.97 Å². The van der Waals surface area contributed by atoms with Crippen molar-refractivity contribution in [2.24, 2.45) is 5.41 Å². The minimum absolute atomic E-state index is 0.497. The molecule has 0 amide bonds. The molecule has 2 rings (SSSR count). The number of halogens is 1. The quantitative estimate of drug-likeness (QED) is 0.894. The Labute approximate surface area is 117 Å². The van der Waals surface area contributed by atoms with Crippen molar-refractivity contribution in [2.45, 2.75) is 45.6 Å². The van der Waals surface area contributed by atoms with E-state index < -0.39 is 0 Å². The second kappa shape index (κ2) is 5.43. The summed E-state index contributed by atoms with van der Waals surface area (Å²) in [7, 11) is 1.86. The summed E-state index contributed by atoms with van der Waals surface area (Å²) in [6.45, 7) is 4.70. The molecule has 0 bridgehead atoms. The van der Waals surface area contributed by atoms with Gasteiger partial charge in [-0.1, -0.05) is 13.8 Å². The Morgan fingerprint density at radius 2 is 1.83 bits per heavy atom. The highest BCUT2D eigenvalue weighted by Gasteiger charge is 2.27. The summed E-state index contributed by atoms with van der Waals surface area (Å²) in [5.41, 5.74) is 0.497. The number of aromatic nitrogens is 2. The van der Waals surface area contributed by atoms with Crippen LogP contribution in [0.2, 0.25) is 0 Å². The van der Waals surface area contributed by atoms with Gasteiger partial charge in [0.2, 0.25) is 0 Å². The van der Waals surface area contributed by atoms with Gasteiger partial charge in [-0.25, -0.2) is 9.97 Å². The molecule has 1 aliphatic rings. The zero-order valence-electron chi connectivity index (χ0n) is 11.3. The van der Waals surface area contributed by atoms with Gasteiger partial charge in [0, 0.05) is 13.1 Å². The average molecular weight is 313 g/mol. The predicted molar refractivity (Wildman–Crippen MR) is 78.9 cm³/mol. The number of rotatable bonds is 3. The molecule has 1 aliphatic carbocycles. The first kappa shape index (κ1) is 13.6. The molecule has 18 heavy (non-hydrogen) atoms. The molecular formula is C13H21BrN4. The van der Waals surface area contributed by atoms with Crippen molar-refractivity contribution in [3.05, 3.63) is 10.8 Å². The molecule has 1 aromatic rings. The first-order valence-electron chi connectivity index (χ1n) is 6.46. The van der Waals surface area contributed by atoms with E-state index in [0.717, 1.165) is 16.1 Å². The van der Waals surface area contributed by atoms with Crippen molar-refractivity contribution < 1.29 is 0 Å². The van der Waals surface area contributed by atoms with Crippen LogP contribution < -0.4 is 10.6 Å². The van der Waals surface area contributed by atoms with E-state index in [2.05, 4.69) is 50.4 Å². The highest BCUT2D eigenvalue weighted by atomic mass is 79.9. The number of anilines is 2. The largest absolute Gasteiger partial charge is 0.372 e. The highest BCUT2D eigenvalue weighted by molar-refractivity contribution is 9.10. The van der Waals surface area contributed by atoms with Gasteiger partial charge in [0.15, 0.2) is 0 Å².